The van der Waals surface area contributed by atoms with Crippen molar-refractivity contribution in [2.45, 2.75) is 52.4 Å². The molecule has 1 aliphatic carbocycles. The lowest BCUT2D eigenvalue weighted by atomic mass is 9.76. The van der Waals surface area contributed by atoms with Crippen LogP contribution < -0.4 is 0 Å². The van der Waals surface area contributed by atoms with Crippen LogP contribution >= 0.6 is 0 Å². The molecule has 1 fully saturated rings. The smallest absolute Gasteiger partial charge is 0.0692 e. The van der Waals surface area contributed by atoms with Gasteiger partial charge in [0.1, 0.15) is 0 Å². The Kier molecular flexibility index (Phi) is 3.14. The first-order valence-corrected chi connectivity index (χ1v) is 5.16. The number of nitrogens with zero attached hydrogens (tertiary/aromatic N) is 1. The Hall–Kier alpha value is -0.510. The molecule has 0 saturated heterocycles. The topological polar surface area (TPSA) is 23.8 Å². The maximum absolute atomic E-state index is 9.16. The predicted octanol–water partition coefficient (Wildman–Crippen LogP) is 3.51. The zero-order chi connectivity index (χ0) is 9.03. The minimum absolute atomic E-state index is 0.0516. The highest BCUT2D eigenvalue weighted by atomic mass is 14.5. The van der Waals surface area contributed by atoms with Crippen molar-refractivity contribution in [3.8, 4) is 6.07 Å². The van der Waals surface area contributed by atoms with E-state index in [1.165, 1.54) is 25.7 Å². The van der Waals surface area contributed by atoms with Crippen molar-refractivity contribution < 1.29 is 0 Å². The second-order valence-electron chi connectivity index (χ2n) is 4.16. The quantitative estimate of drug-likeness (QED) is 0.627. The molecule has 0 aromatic heterocycles. The van der Waals surface area contributed by atoms with E-state index in [9.17, 15) is 0 Å². The van der Waals surface area contributed by atoms with Crippen LogP contribution in [-0.2, 0) is 0 Å². The fraction of sp³-hybridized carbons (Fsp3) is 0.909. The SMILES string of the molecule is CCCCC1(C#N)CCCC1C. The lowest BCUT2D eigenvalue weighted by Gasteiger charge is -2.25. The van der Waals surface area contributed by atoms with Gasteiger partial charge in [0.25, 0.3) is 0 Å². The Morgan fingerprint density at radius 2 is 2.33 bits per heavy atom. The first kappa shape index (κ1) is 9.58. The van der Waals surface area contributed by atoms with Gasteiger partial charge in [-0.15, -0.1) is 0 Å². The Bertz CT molecular complexity index is 180. The molecule has 0 aromatic rings. The van der Waals surface area contributed by atoms with Crippen LogP contribution in [0.3, 0.4) is 0 Å². The summed E-state index contributed by atoms with van der Waals surface area (Å²) in [5, 5.41) is 9.16. The van der Waals surface area contributed by atoms with E-state index in [0.29, 0.717) is 5.92 Å². The van der Waals surface area contributed by atoms with Gasteiger partial charge < -0.3 is 0 Å². The first-order chi connectivity index (χ1) is 5.75. The molecule has 1 heteroatoms. The lowest BCUT2D eigenvalue weighted by molar-refractivity contribution is 0.276. The largest absolute Gasteiger partial charge is 0.198 e. The highest BCUT2D eigenvalue weighted by molar-refractivity contribution is 5.04. The van der Waals surface area contributed by atoms with Crippen molar-refractivity contribution in [2.75, 3.05) is 0 Å². The maximum Gasteiger partial charge on any atom is 0.0692 e. The van der Waals surface area contributed by atoms with Crippen molar-refractivity contribution in [3.05, 3.63) is 0 Å². The fourth-order valence-corrected chi connectivity index (χ4v) is 2.33. The van der Waals surface area contributed by atoms with Crippen LogP contribution in [0.1, 0.15) is 52.4 Å². The van der Waals surface area contributed by atoms with Gasteiger partial charge in [0.05, 0.1) is 11.5 Å². The lowest BCUT2D eigenvalue weighted by Crippen LogP contribution is -2.21. The molecule has 0 radical (unpaired) electrons. The molecule has 0 aliphatic heterocycles. The molecule has 0 spiro atoms. The van der Waals surface area contributed by atoms with Gasteiger partial charge in [-0.1, -0.05) is 33.1 Å². The third-order valence-corrected chi connectivity index (χ3v) is 3.40. The molecule has 0 aromatic carbocycles. The number of hydrogen-bond donors (Lipinski definition) is 0. The monoisotopic (exact) mass is 165 g/mol. The Morgan fingerprint density at radius 1 is 1.58 bits per heavy atom. The van der Waals surface area contributed by atoms with E-state index in [4.69, 9.17) is 5.26 Å². The molecule has 1 saturated carbocycles. The van der Waals surface area contributed by atoms with Crippen molar-refractivity contribution in [1.82, 2.24) is 0 Å². The van der Waals surface area contributed by atoms with Gasteiger partial charge in [0.2, 0.25) is 0 Å². The molecule has 2 unspecified atom stereocenters. The average Bonchev–Trinajstić information content (AvgIpc) is 2.45. The minimum atomic E-state index is 0.0516. The molecule has 1 rings (SSSR count). The van der Waals surface area contributed by atoms with E-state index >= 15 is 0 Å². The van der Waals surface area contributed by atoms with Crippen LogP contribution in [0.15, 0.2) is 0 Å². The van der Waals surface area contributed by atoms with Gasteiger partial charge in [0, 0.05) is 0 Å². The summed E-state index contributed by atoms with van der Waals surface area (Å²) in [6.07, 6.45) is 7.23. The normalized spacial score (nSPS) is 34.9. The number of hydrogen-bond acceptors (Lipinski definition) is 1. The molecule has 1 nitrogen and oxygen atoms in total. The summed E-state index contributed by atoms with van der Waals surface area (Å²) < 4.78 is 0. The zero-order valence-corrected chi connectivity index (χ0v) is 8.27. The van der Waals surface area contributed by atoms with Gasteiger partial charge in [-0.2, -0.15) is 5.26 Å². The number of rotatable bonds is 3. The molecular weight excluding hydrogens is 146 g/mol. The van der Waals surface area contributed by atoms with Crippen molar-refractivity contribution in [3.63, 3.8) is 0 Å². The predicted molar refractivity (Wildman–Crippen MR) is 50.6 cm³/mol. The third kappa shape index (κ3) is 1.63. The van der Waals surface area contributed by atoms with Crippen LogP contribution in [0, 0.1) is 22.7 Å². The first-order valence-electron chi connectivity index (χ1n) is 5.16. The maximum atomic E-state index is 9.16. The summed E-state index contributed by atoms with van der Waals surface area (Å²) >= 11 is 0. The van der Waals surface area contributed by atoms with Crippen LogP contribution in [-0.4, -0.2) is 0 Å². The van der Waals surface area contributed by atoms with Crippen LogP contribution in [0.2, 0.25) is 0 Å². The molecular formula is C11H19N. The highest BCUT2D eigenvalue weighted by Crippen LogP contribution is 2.46. The summed E-state index contributed by atoms with van der Waals surface area (Å²) in [5.41, 5.74) is 0.0516. The Morgan fingerprint density at radius 3 is 2.75 bits per heavy atom. The van der Waals surface area contributed by atoms with Crippen molar-refractivity contribution in [2.24, 2.45) is 11.3 Å². The van der Waals surface area contributed by atoms with Gasteiger partial charge in [-0.3, -0.25) is 0 Å². The number of nitriles is 1. The average molecular weight is 165 g/mol. The number of unbranched alkanes of at least 4 members (excludes halogenated alkanes) is 1. The summed E-state index contributed by atoms with van der Waals surface area (Å²) in [5.74, 6) is 0.633. The molecule has 68 valence electrons. The van der Waals surface area contributed by atoms with E-state index in [-0.39, 0.29) is 5.41 Å². The minimum Gasteiger partial charge on any atom is -0.198 e. The van der Waals surface area contributed by atoms with Crippen LogP contribution in [0.4, 0.5) is 0 Å². The molecule has 0 N–H and O–H groups in total. The van der Waals surface area contributed by atoms with Crippen molar-refractivity contribution in [1.29, 1.82) is 5.26 Å². The van der Waals surface area contributed by atoms with E-state index in [1.54, 1.807) is 0 Å². The second-order valence-corrected chi connectivity index (χ2v) is 4.16. The summed E-state index contributed by atoms with van der Waals surface area (Å²) in [6.45, 7) is 4.44. The molecule has 12 heavy (non-hydrogen) atoms. The highest BCUT2D eigenvalue weighted by Gasteiger charge is 2.39. The van der Waals surface area contributed by atoms with E-state index in [0.717, 1.165) is 12.8 Å². The molecule has 0 amide bonds. The molecule has 2 atom stereocenters. The Labute approximate surface area is 75.8 Å². The zero-order valence-electron chi connectivity index (χ0n) is 8.27. The summed E-state index contributed by atoms with van der Waals surface area (Å²) in [6, 6.07) is 2.56. The van der Waals surface area contributed by atoms with Crippen LogP contribution in [0.5, 0.6) is 0 Å². The summed E-state index contributed by atoms with van der Waals surface area (Å²) in [4.78, 5) is 0. The molecule has 0 heterocycles. The van der Waals surface area contributed by atoms with E-state index in [2.05, 4.69) is 19.9 Å². The van der Waals surface area contributed by atoms with E-state index < -0.39 is 0 Å². The fourth-order valence-electron chi connectivity index (χ4n) is 2.33. The van der Waals surface area contributed by atoms with Crippen molar-refractivity contribution >= 4 is 0 Å². The van der Waals surface area contributed by atoms with Crippen LogP contribution in [0.25, 0.3) is 0 Å². The van der Waals surface area contributed by atoms with Gasteiger partial charge in [-0.25, -0.2) is 0 Å². The molecule has 1 aliphatic rings. The summed E-state index contributed by atoms with van der Waals surface area (Å²) in [7, 11) is 0. The second kappa shape index (κ2) is 3.94. The molecule has 0 bridgehead atoms. The van der Waals surface area contributed by atoms with Gasteiger partial charge in [0.15, 0.2) is 0 Å². The standard InChI is InChI=1S/C11H19N/c1-3-4-7-11(9-12)8-5-6-10(11)2/h10H,3-8H2,1-2H3. The van der Waals surface area contributed by atoms with E-state index in [1.807, 2.05) is 0 Å². The Balaban J connectivity index is 2.57. The van der Waals surface area contributed by atoms with Gasteiger partial charge >= 0.3 is 0 Å². The third-order valence-electron chi connectivity index (χ3n) is 3.40. The van der Waals surface area contributed by atoms with Gasteiger partial charge in [-0.05, 0) is 25.2 Å².